The molecule has 0 aliphatic carbocycles. The summed E-state index contributed by atoms with van der Waals surface area (Å²) in [6.45, 7) is 4.75. The molecular formula is C21H29BrN4. The maximum atomic E-state index is 4.47. The Bertz CT molecular complexity index is 701. The molecule has 140 valence electrons. The Morgan fingerprint density at radius 3 is 2.58 bits per heavy atom. The number of hydrogen-bond acceptors (Lipinski definition) is 3. The van der Waals surface area contributed by atoms with Gasteiger partial charge in [-0.15, -0.1) is 10.2 Å². The molecule has 0 radical (unpaired) electrons. The number of aryl methyl sites for hydroxylation is 2. The number of rotatable bonds is 5. The van der Waals surface area contributed by atoms with Crippen LogP contribution in [0.1, 0.15) is 61.7 Å². The Morgan fingerprint density at radius 2 is 1.77 bits per heavy atom. The van der Waals surface area contributed by atoms with Crippen molar-refractivity contribution in [3.8, 4) is 0 Å². The van der Waals surface area contributed by atoms with Crippen LogP contribution in [-0.4, -0.2) is 39.3 Å². The Morgan fingerprint density at radius 1 is 0.962 bits per heavy atom. The van der Waals surface area contributed by atoms with E-state index in [1.54, 1.807) is 0 Å². The lowest BCUT2D eigenvalue weighted by molar-refractivity contribution is 0.209. The van der Waals surface area contributed by atoms with Crippen LogP contribution in [-0.2, 0) is 19.4 Å². The highest BCUT2D eigenvalue weighted by molar-refractivity contribution is 9.10. The third kappa shape index (κ3) is 4.37. The van der Waals surface area contributed by atoms with Crippen LogP contribution in [0, 0.1) is 0 Å². The summed E-state index contributed by atoms with van der Waals surface area (Å²) in [5.41, 5.74) is 1.50. The van der Waals surface area contributed by atoms with Gasteiger partial charge in [-0.3, -0.25) is 0 Å². The van der Waals surface area contributed by atoms with Crippen LogP contribution in [0.3, 0.4) is 0 Å². The van der Waals surface area contributed by atoms with Gasteiger partial charge in [0.1, 0.15) is 11.6 Å². The average Bonchev–Trinajstić information content (AvgIpc) is 2.89. The minimum absolute atomic E-state index is 0.728. The maximum Gasteiger partial charge on any atom is 0.133 e. The first-order chi connectivity index (χ1) is 12.8. The van der Waals surface area contributed by atoms with Crippen molar-refractivity contribution in [3.63, 3.8) is 0 Å². The second kappa shape index (κ2) is 8.66. The lowest BCUT2D eigenvalue weighted by atomic mass is 9.89. The van der Waals surface area contributed by atoms with Gasteiger partial charge in [-0.1, -0.05) is 34.5 Å². The number of nitrogens with zero attached hydrogens (tertiary/aromatic N) is 4. The van der Waals surface area contributed by atoms with Gasteiger partial charge < -0.3 is 9.47 Å². The fourth-order valence-corrected chi connectivity index (χ4v) is 4.68. The molecule has 1 aromatic heterocycles. The van der Waals surface area contributed by atoms with Crippen LogP contribution < -0.4 is 0 Å². The summed E-state index contributed by atoms with van der Waals surface area (Å²) in [5, 5.41) is 8.90. The van der Waals surface area contributed by atoms with Gasteiger partial charge in [-0.25, -0.2) is 0 Å². The predicted octanol–water partition coefficient (Wildman–Crippen LogP) is 4.58. The van der Waals surface area contributed by atoms with Gasteiger partial charge in [-0.2, -0.15) is 0 Å². The van der Waals surface area contributed by atoms with Crippen LogP contribution in [0.25, 0.3) is 0 Å². The third-order valence-electron chi connectivity index (χ3n) is 5.99. The number of aromatic nitrogens is 3. The molecule has 0 spiro atoms. The molecule has 0 unspecified atom stereocenters. The van der Waals surface area contributed by atoms with Gasteiger partial charge >= 0.3 is 0 Å². The van der Waals surface area contributed by atoms with Crippen molar-refractivity contribution in [2.24, 2.45) is 0 Å². The van der Waals surface area contributed by atoms with E-state index in [0.717, 1.165) is 25.3 Å². The predicted molar refractivity (Wildman–Crippen MR) is 108 cm³/mol. The molecule has 5 heteroatoms. The fraction of sp³-hybridized carbons (Fsp3) is 0.619. The van der Waals surface area contributed by atoms with Crippen molar-refractivity contribution in [1.82, 2.24) is 19.7 Å². The molecule has 0 N–H and O–H groups in total. The number of likely N-dealkylation sites (tertiary alicyclic amines) is 1. The summed E-state index contributed by atoms with van der Waals surface area (Å²) >= 11 is 3.53. The van der Waals surface area contributed by atoms with E-state index in [1.807, 2.05) is 0 Å². The van der Waals surface area contributed by atoms with Gasteiger partial charge in [0.15, 0.2) is 0 Å². The third-order valence-corrected chi connectivity index (χ3v) is 6.52. The molecule has 0 saturated carbocycles. The van der Waals surface area contributed by atoms with Crippen molar-refractivity contribution >= 4 is 15.9 Å². The van der Waals surface area contributed by atoms with Gasteiger partial charge in [0.05, 0.1) is 0 Å². The van der Waals surface area contributed by atoms with E-state index < -0.39 is 0 Å². The summed E-state index contributed by atoms with van der Waals surface area (Å²) in [5.74, 6) is 3.16. The van der Waals surface area contributed by atoms with Crippen LogP contribution in [0.15, 0.2) is 28.7 Å². The molecule has 0 amide bonds. The normalized spacial score (nSPS) is 19.3. The SMILES string of the molecule is Brc1ccc(C2CCN(CCCc3nnc4n3CCCCC4)CC2)cc1. The smallest absolute Gasteiger partial charge is 0.133 e. The molecular weight excluding hydrogens is 388 g/mol. The van der Waals surface area contributed by atoms with Gasteiger partial charge in [0, 0.05) is 23.9 Å². The first-order valence-corrected chi connectivity index (χ1v) is 11.0. The molecule has 4 nitrogen and oxygen atoms in total. The van der Waals surface area contributed by atoms with Crippen molar-refractivity contribution < 1.29 is 0 Å². The lowest BCUT2D eigenvalue weighted by Crippen LogP contribution is -2.34. The molecule has 1 fully saturated rings. The number of fused-ring (bicyclic) bond motifs is 1. The molecule has 3 heterocycles. The molecule has 4 rings (SSSR count). The molecule has 26 heavy (non-hydrogen) atoms. The maximum absolute atomic E-state index is 4.47. The van der Waals surface area contributed by atoms with Crippen LogP contribution in [0.4, 0.5) is 0 Å². The topological polar surface area (TPSA) is 34.0 Å². The van der Waals surface area contributed by atoms with Gasteiger partial charge in [-0.05, 0) is 75.4 Å². The largest absolute Gasteiger partial charge is 0.315 e. The Kier molecular flexibility index (Phi) is 6.05. The second-order valence-corrected chi connectivity index (χ2v) is 8.68. The van der Waals surface area contributed by atoms with E-state index in [0.29, 0.717) is 0 Å². The van der Waals surface area contributed by atoms with Crippen LogP contribution in [0.2, 0.25) is 0 Å². The summed E-state index contributed by atoms with van der Waals surface area (Å²) in [6, 6.07) is 8.90. The van der Waals surface area contributed by atoms with Gasteiger partial charge in [0.2, 0.25) is 0 Å². The number of benzene rings is 1. The number of piperidine rings is 1. The van der Waals surface area contributed by atoms with E-state index in [-0.39, 0.29) is 0 Å². The second-order valence-electron chi connectivity index (χ2n) is 7.77. The number of halogens is 1. The first kappa shape index (κ1) is 18.2. The summed E-state index contributed by atoms with van der Waals surface area (Å²) in [6.07, 6.45) is 9.81. The van der Waals surface area contributed by atoms with E-state index in [9.17, 15) is 0 Å². The van der Waals surface area contributed by atoms with Crippen LogP contribution >= 0.6 is 15.9 Å². The summed E-state index contributed by atoms with van der Waals surface area (Å²) in [7, 11) is 0. The standard InChI is InChI=1S/C21H29BrN4/c22-19-9-7-17(8-10-19)18-11-15-25(16-12-18)13-4-6-21-24-23-20-5-2-1-3-14-26(20)21/h7-10,18H,1-6,11-16H2. The zero-order valence-electron chi connectivity index (χ0n) is 15.5. The highest BCUT2D eigenvalue weighted by Gasteiger charge is 2.21. The van der Waals surface area contributed by atoms with E-state index in [4.69, 9.17) is 0 Å². The lowest BCUT2D eigenvalue weighted by Gasteiger charge is -2.32. The highest BCUT2D eigenvalue weighted by atomic mass is 79.9. The van der Waals surface area contributed by atoms with Crippen molar-refractivity contribution in [1.29, 1.82) is 0 Å². The molecule has 0 bridgehead atoms. The Balaban J connectivity index is 1.23. The van der Waals surface area contributed by atoms with Gasteiger partial charge in [0.25, 0.3) is 0 Å². The van der Waals surface area contributed by atoms with E-state index >= 15 is 0 Å². The average molecular weight is 417 g/mol. The van der Waals surface area contributed by atoms with Crippen molar-refractivity contribution in [3.05, 3.63) is 46.0 Å². The molecule has 2 aromatic rings. The zero-order valence-corrected chi connectivity index (χ0v) is 17.1. The minimum atomic E-state index is 0.728. The first-order valence-electron chi connectivity index (χ1n) is 10.2. The van der Waals surface area contributed by atoms with E-state index in [2.05, 4.69) is 59.9 Å². The molecule has 1 aromatic carbocycles. The summed E-state index contributed by atoms with van der Waals surface area (Å²) < 4.78 is 3.57. The summed E-state index contributed by atoms with van der Waals surface area (Å²) in [4.78, 5) is 2.63. The number of hydrogen-bond donors (Lipinski definition) is 0. The Hall–Kier alpha value is -1.20. The van der Waals surface area contributed by atoms with Crippen molar-refractivity contribution in [2.75, 3.05) is 19.6 Å². The zero-order chi connectivity index (χ0) is 17.8. The highest BCUT2D eigenvalue weighted by Crippen LogP contribution is 2.29. The van der Waals surface area contributed by atoms with Crippen molar-refractivity contribution in [2.45, 2.75) is 63.8 Å². The molecule has 2 aliphatic heterocycles. The minimum Gasteiger partial charge on any atom is -0.315 e. The molecule has 0 atom stereocenters. The molecule has 2 aliphatic rings. The molecule has 1 saturated heterocycles. The monoisotopic (exact) mass is 416 g/mol. The fourth-order valence-electron chi connectivity index (χ4n) is 4.42. The van der Waals surface area contributed by atoms with Crippen LogP contribution in [0.5, 0.6) is 0 Å². The Labute approximate surface area is 165 Å². The quantitative estimate of drug-likeness (QED) is 0.714. The van der Waals surface area contributed by atoms with E-state index in [1.165, 1.54) is 79.8 Å².